The van der Waals surface area contributed by atoms with Crippen molar-refractivity contribution in [3.63, 3.8) is 0 Å². The van der Waals surface area contributed by atoms with Gasteiger partial charge in [0.2, 0.25) is 0 Å². The van der Waals surface area contributed by atoms with Crippen molar-refractivity contribution in [3.05, 3.63) is 58.7 Å². The average molecular weight is 396 g/mol. The van der Waals surface area contributed by atoms with E-state index in [1.807, 2.05) is 0 Å². The smallest absolute Gasteiger partial charge is 0.0405 e. The summed E-state index contributed by atoms with van der Waals surface area (Å²) >= 11 is 0. The Kier molecular flexibility index (Phi) is 10.1. The zero-order valence-electron chi connectivity index (χ0n) is 19.3. The number of para-hydroxylation sites is 2. The average Bonchev–Trinajstić information content (AvgIpc) is 2.76. The lowest BCUT2D eigenvalue weighted by atomic mass is 10.0. The predicted octanol–water partition coefficient (Wildman–Crippen LogP) is 5.78. The quantitative estimate of drug-likeness (QED) is 0.421. The van der Waals surface area contributed by atoms with Crippen LogP contribution in [0.1, 0.15) is 56.4 Å². The van der Waals surface area contributed by atoms with Crippen LogP contribution < -0.4 is 10.6 Å². The number of nitrogens with zero attached hydrogens (tertiary/aromatic N) is 1. The molecule has 3 heteroatoms. The van der Waals surface area contributed by atoms with Gasteiger partial charge in [0.25, 0.3) is 0 Å². The van der Waals surface area contributed by atoms with Crippen LogP contribution in [0.3, 0.4) is 0 Å². The van der Waals surface area contributed by atoms with Gasteiger partial charge in [0.1, 0.15) is 0 Å². The second-order valence-corrected chi connectivity index (χ2v) is 7.83. The molecule has 0 aromatic heterocycles. The van der Waals surface area contributed by atoms with Gasteiger partial charge in [-0.2, -0.15) is 0 Å². The predicted molar refractivity (Wildman–Crippen MR) is 129 cm³/mol. The number of nitrogens with one attached hydrogen (secondary N) is 2. The van der Waals surface area contributed by atoms with E-state index >= 15 is 0 Å². The van der Waals surface area contributed by atoms with Crippen molar-refractivity contribution in [3.8, 4) is 0 Å². The molecule has 0 unspecified atom stereocenters. The molecule has 0 amide bonds. The molecule has 0 spiro atoms. The van der Waals surface area contributed by atoms with Crippen LogP contribution >= 0.6 is 0 Å². The Morgan fingerprint density at radius 1 is 0.621 bits per heavy atom. The van der Waals surface area contributed by atoms with Crippen molar-refractivity contribution in [2.75, 3.05) is 43.9 Å². The van der Waals surface area contributed by atoms with Crippen LogP contribution in [-0.4, -0.2) is 38.1 Å². The van der Waals surface area contributed by atoms with Crippen LogP contribution in [-0.2, 0) is 25.7 Å². The Balaban J connectivity index is 1.76. The summed E-state index contributed by atoms with van der Waals surface area (Å²) in [5, 5.41) is 7.41. The number of benzene rings is 2. The van der Waals surface area contributed by atoms with Gasteiger partial charge in [0, 0.05) is 31.0 Å². The summed E-state index contributed by atoms with van der Waals surface area (Å²) < 4.78 is 0. The fraction of sp³-hybridized carbons (Fsp3) is 0.538. The first-order valence-corrected chi connectivity index (χ1v) is 11.5. The lowest BCUT2D eigenvalue weighted by molar-refractivity contribution is 0.345. The van der Waals surface area contributed by atoms with E-state index in [2.05, 4.69) is 86.7 Å². The first-order valence-electron chi connectivity index (χ1n) is 11.5. The van der Waals surface area contributed by atoms with Crippen LogP contribution in [0.25, 0.3) is 0 Å². The first-order chi connectivity index (χ1) is 14.1. The molecule has 29 heavy (non-hydrogen) atoms. The number of hydrogen-bond donors (Lipinski definition) is 2. The lowest BCUT2D eigenvalue weighted by Crippen LogP contribution is -2.27. The molecule has 0 radical (unpaired) electrons. The fourth-order valence-corrected chi connectivity index (χ4v) is 3.99. The van der Waals surface area contributed by atoms with Gasteiger partial charge >= 0.3 is 0 Å². The van der Waals surface area contributed by atoms with E-state index < -0.39 is 0 Å². The summed E-state index contributed by atoms with van der Waals surface area (Å²) in [5.41, 5.74) is 8.45. The van der Waals surface area contributed by atoms with Crippen molar-refractivity contribution in [1.82, 2.24) is 4.90 Å². The van der Waals surface area contributed by atoms with Crippen LogP contribution in [0, 0.1) is 0 Å². The summed E-state index contributed by atoms with van der Waals surface area (Å²) in [6.07, 6.45) is 5.48. The highest BCUT2D eigenvalue weighted by molar-refractivity contribution is 5.58. The molecule has 2 aromatic carbocycles. The first kappa shape index (κ1) is 23.3. The van der Waals surface area contributed by atoms with Crippen LogP contribution in [0.15, 0.2) is 36.4 Å². The van der Waals surface area contributed by atoms with Gasteiger partial charge in [-0.05, 0) is 68.0 Å². The number of likely N-dealkylation sites (N-methyl/N-ethyl adjacent to an activating group) is 1. The third-order valence-corrected chi connectivity index (χ3v) is 5.81. The van der Waals surface area contributed by atoms with Crippen molar-refractivity contribution >= 4 is 11.4 Å². The molecular formula is C26H41N3. The van der Waals surface area contributed by atoms with Gasteiger partial charge in [0.05, 0.1) is 0 Å². The highest BCUT2D eigenvalue weighted by Crippen LogP contribution is 2.23. The van der Waals surface area contributed by atoms with E-state index in [0.29, 0.717) is 0 Å². The topological polar surface area (TPSA) is 27.3 Å². The van der Waals surface area contributed by atoms with Crippen molar-refractivity contribution < 1.29 is 0 Å². The molecule has 0 fully saturated rings. The maximum absolute atomic E-state index is 3.71. The van der Waals surface area contributed by atoms with E-state index in [0.717, 1.165) is 58.3 Å². The summed E-state index contributed by atoms with van der Waals surface area (Å²) in [7, 11) is 2.23. The molecular weight excluding hydrogens is 354 g/mol. The van der Waals surface area contributed by atoms with E-state index in [1.54, 1.807) is 0 Å². The number of anilines is 2. The van der Waals surface area contributed by atoms with Crippen molar-refractivity contribution in [2.24, 2.45) is 0 Å². The van der Waals surface area contributed by atoms with Crippen molar-refractivity contribution in [1.29, 1.82) is 0 Å². The molecule has 160 valence electrons. The zero-order chi connectivity index (χ0) is 21.1. The monoisotopic (exact) mass is 395 g/mol. The van der Waals surface area contributed by atoms with Gasteiger partial charge in [-0.15, -0.1) is 0 Å². The van der Waals surface area contributed by atoms with Crippen molar-refractivity contribution in [2.45, 2.75) is 59.8 Å². The number of aryl methyl sites for hydroxylation is 4. The SMILES string of the molecule is CCc1cccc(CC)c1NCCCN(C)CCNc1c(CC)cccc1CC. The maximum atomic E-state index is 3.71. The third kappa shape index (κ3) is 6.78. The normalized spacial score (nSPS) is 11.1. The van der Waals surface area contributed by atoms with Crippen LogP contribution in [0.4, 0.5) is 11.4 Å². The molecule has 0 atom stereocenters. The molecule has 0 aliphatic rings. The Hall–Kier alpha value is -2.00. The second-order valence-electron chi connectivity index (χ2n) is 7.83. The zero-order valence-corrected chi connectivity index (χ0v) is 19.3. The maximum Gasteiger partial charge on any atom is 0.0405 e. The molecule has 0 heterocycles. The Morgan fingerprint density at radius 2 is 1.03 bits per heavy atom. The molecule has 3 nitrogen and oxygen atoms in total. The standard InChI is InChI=1S/C26H41N3/c1-6-21-13-10-14-22(7-2)25(21)27-17-12-19-29(5)20-18-28-26-23(8-3)15-11-16-24(26)9-4/h10-11,13-16,27-28H,6-9,12,17-20H2,1-5H3. The van der Waals surface area contributed by atoms with Gasteiger partial charge in [-0.1, -0.05) is 64.1 Å². The van der Waals surface area contributed by atoms with E-state index in [-0.39, 0.29) is 0 Å². The lowest BCUT2D eigenvalue weighted by Gasteiger charge is -2.20. The minimum Gasteiger partial charge on any atom is -0.385 e. The summed E-state index contributed by atoms with van der Waals surface area (Å²) in [6, 6.07) is 13.4. The summed E-state index contributed by atoms with van der Waals surface area (Å²) in [6.45, 7) is 13.1. The second kappa shape index (κ2) is 12.5. The summed E-state index contributed by atoms with van der Waals surface area (Å²) in [4.78, 5) is 2.43. The van der Waals surface area contributed by atoms with Gasteiger partial charge in [-0.25, -0.2) is 0 Å². The molecule has 2 aromatic rings. The van der Waals surface area contributed by atoms with E-state index in [9.17, 15) is 0 Å². The Bertz CT molecular complexity index is 694. The molecule has 0 aliphatic carbocycles. The van der Waals surface area contributed by atoms with Gasteiger partial charge < -0.3 is 15.5 Å². The number of rotatable bonds is 13. The minimum absolute atomic E-state index is 0.993. The summed E-state index contributed by atoms with van der Waals surface area (Å²) in [5.74, 6) is 0. The molecule has 2 rings (SSSR count). The van der Waals surface area contributed by atoms with Gasteiger partial charge in [0.15, 0.2) is 0 Å². The number of hydrogen-bond acceptors (Lipinski definition) is 3. The Morgan fingerprint density at radius 3 is 1.45 bits per heavy atom. The molecule has 2 N–H and O–H groups in total. The molecule has 0 saturated heterocycles. The minimum atomic E-state index is 0.993. The van der Waals surface area contributed by atoms with E-state index in [1.165, 1.54) is 33.6 Å². The highest BCUT2D eigenvalue weighted by Gasteiger charge is 2.07. The third-order valence-electron chi connectivity index (χ3n) is 5.81. The molecule has 0 aliphatic heterocycles. The largest absolute Gasteiger partial charge is 0.385 e. The molecule has 0 saturated carbocycles. The highest BCUT2D eigenvalue weighted by atomic mass is 15.1. The fourth-order valence-electron chi connectivity index (χ4n) is 3.99. The Labute approximate surface area is 178 Å². The van der Waals surface area contributed by atoms with E-state index in [4.69, 9.17) is 0 Å². The van der Waals surface area contributed by atoms with Crippen LogP contribution in [0.2, 0.25) is 0 Å². The van der Waals surface area contributed by atoms with Gasteiger partial charge in [-0.3, -0.25) is 0 Å². The van der Waals surface area contributed by atoms with Crippen LogP contribution in [0.5, 0.6) is 0 Å². The molecule has 0 bridgehead atoms.